The molecule has 2 aromatic heterocycles. The highest BCUT2D eigenvalue weighted by atomic mass is 16.2. The van der Waals surface area contributed by atoms with E-state index >= 15 is 0 Å². The highest BCUT2D eigenvalue weighted by Crippen LogP contribution is 2.25. The van der Waals surface area contributed by atoms with Crippen LogP contribution < -0.4 is 0 Å². The SMILES string of the molecule is Cc1ccc(Cn2cc(C(=O)N(C)Cc3ccncc3)c(-c3ccc(C)cc3)n2)cc1. The molecule has 0 unspecified atom stereocenters. The van der Waals surface area contributed by atoms with Crippen molar-refractivity contribution >= 4 is 5.91 Å². The molecule has 5 heteroatoms. The van der Waals surface area contributed by atoms with Gasteiger partial charge in [-0.25, -0.2) is 0 Å². The van der Waals surface area contributed by atoms with E-state index in [-0.39, 0.29) is 5.91 Å². The molecule has 0 saturated carbocycles. The molecule has 0 aliphatic carbocycles. The maximum absolute atomic E-state index is 13.4. The average Bonchev–Trinajstić information content (AvgIpc) is 3.19. The Hall–Kier alpha value is -3.73. The van der Waals surface area contributed by atoms with Gasteiger partial charge in [-0.05, 0) is 37.1 Å². The van der Waals surface area contributed by atoms with Crippen LogP contribution in [0, 0.1) is 13.8 Å². The molecule has 0 aliphatic rings. The number of carbonyl (C=O) groups is 1. The number of amides is 1. The Labute approximate surface area is 183 Å². The minimum atomic E-state index is -0.0532. The number of aromatic nitrogens is 3. The molecule has 5 nitrogen and oxygen atoms in total. The summed E-state index contributed by atoms with van der Waals surface area (Å²) < 4.78 is 1.85. The number of pyridine rings is 1. The molecule has 4 aromatic rings. The Morgan fingerprint density at radius 1 is 0.871 bits per heavy atom. The summed E-state index contributed by atoms with van der Waals surface area (Å²) in [4.78, 5) is 19.1. The second-order valence-electron chi connectivity index (χ2n) is 7.96. The van der Waals surface area contributed by atoms with Crippen molar-refractivity contribution in [2.45, 2.75) is 26.9 Å². The zero-order valence-electron chi connectivity index (χ0n) is 18.1. The number of nitrogens with zero attached hydrogens (tertiary/aromatic N) is 4. The summed E-state index contributed by atoms with van der Waals surface area (Å²) >= 11 is 0. The van der Waals surface area contributed by atoms with Gasteiger partial charge in [0, 0.05) is 37.7 Å². The van der Waals surface area contributed by atoms with E-state index in [4.69, 9.17) is 5.10 Å². The van der Waals surface area contributed by atoms with Crippen LogP contribution in [0.4, 0.5) is 0 Å². The lowest BCUT2D eigenvalue weighted by molar-refractivity contribution is 0.0785. The molecule has 2 heterocycles. The molecule has 31 heavy (non-hydrogen) atoms. The summed E-state index contributed by atoms with van der Waals surface area (Å²) in [5, 5.41) is 4.80. The molecule has 0 radical (unpaired) electrons. The van der Waals surface area contributed by atoms with E-state index in [1.807, 2.05) is 61.2 Å². The molecule has 0 spiro atoms. The van der Waals surface area contributed by atoms with Crippen molar-refractivity contribution in [3.05, 3.63) is 107 Å². The molecule has 0 bridgehead atoms. The Morgan fingerprint density at radius 2 is 1.48 bits per heavy atom. The van der Waals surface area contributed by atoms with Crippen molar-refractivity contribution in [2.24, 2.45) is 0 Å². The van der Waals surface area contributed by atoms with Crippen LogP contribution in [0.1, 0.15) is 32.6 Å². The van der Waals surface area contributed by atoms with Crippen LogP contribution >= 0.6 is 0 Å². The molecule has 0 aliphatic heterocycles. The summed E-state index contributed by atoms with van der Waals surface area (Å²) in [5.74, 6) is -0.0532. The van der Waals surface area contributed by atoms with Crippen molar-refractivity contribution in [3.8, 4) is 11.3 Å². The molecule has 1 amide bonds. The fourth-order valence-corrected chi connectivity index (χ4v) is 3.50. The Morgan fingerprint density at radius 3 is 2.13 bits per heavy atom. The van der Waals surface area contributed by atoms with Crippen LogP contribution in [0.15, 0.2) is 79.3 Å². The molecule has 0 atom stereocenters. The Kier molecular flexibility index (Phi) is 5.94. The van der Waals surface area contributed by atoms with Gasteiger partial charge in [0.2, 0.25) is 0 Å². The van der Waals surface area contributed by atoms with Gasteiger partial charge in [0.25, 0.3) is 5.91 Å². The van der Waals surface area contributed by atoms with Gasteiger partial charge in [-0.1, -0.05) is 59.7 Å². The maximum Gasteiger partial charge on any atom is 0.257 e. The molecule has 4 rings (SSSR count). The monoisotopic (exact) mass is 410 g/mol. The lowest BCUT2D eigenvalue weighted by atomic mass is 10.1. The van der Waals surface area contributed by atoms with Crippen LogP contribution in [-0.2, 0) is 13.1 Å². The number of aryl methyl sites for hydroxylation is 2. The van der Waals surface area contributed by atoms with Gasteiger partial charge in [-0.2, -0.15) is 5.10 Å². The molecule has 0 saturated heterocycles. The van der Waals surface area contributed by atoms with Crippen molar-refractivity contribution in [2.75, 3.05) is 7.05 Å². The van der Waals surface area contributed by atoms with Gasteiger partial charge < -0.3 is 4.90 Å². The Bertz CT molecular complexity index is 1160. The molecule has 156 valence electrons. The number of rotatable bonds is 6. The number of hydrogen-bond donors (Lipinski definition) is 0. The highest BCUT2D eigenvalue weighted by Gasteiger charge is 2.21. The van der Waals surface area contributed by atoms with Crippen molar-refractivity contribution in [1.29, 1.82) is 0 Å². The van der Waals surface area contributed by atoms with Gasteiger partial charge in [0.1, 0.15) is 5.69 Å². The highest BCUT2D eigenvalue weighted by molar-refractivity contribution is 5.99. The summed E-state index contributed by atoms with van der Waals surface area (Å²) in [6.07, 6.45) is 5.34. The fraction of sp³-hybridized carbons (Fsp3) is 0.192. The molecular formula is C26H26N4O. The third-order valence-electron chi connectivity index (χ3n) is 5.30. The third kappa shape index (κ3) is 4.89. The minimum absolute atomic E-state index is 0.0532. The standard InChI is InChI=1S/C26H26N4O/c1-19-4-8-21(9-5-19)17-30-18-24(25(28-30)23-10-6-20(2)7-11-23)26(31)29(3)16-22-12-14-27-15-13-22/h4-15,18H,16-17H2,1-3H3. The van der Waals surface area contributed by atoms with Crippen molar-refractivity contribution < 1.29 is 4.79 Å². The van der Waals surface area contributed by atoms with E-state index in [0.717, 1.165) is 16.7 Å². The number of benzene rings is 2. The molecular weight excluding hydrogens is 384 g/mol. The first-order valence-electron chi connectivity index (χ1n) is 10.3. The van der Waals surface area contributed by atoms with E-state index in [2.05, 4.69) is 36.2 Å². The second kappa shape index (κ2) is 8.96. The minimum Gasteiger partial charge on any atom is -0.337 e. The predicted molar refractivity (Wildman–Crippen MR) is 123 cm³/mol. The van der Waals surface area contributed by atoms with Crippen molar-refractivity contribution in [1.82, 2.24) is 19.7 Å². The first kappa shape index (κ1) is 20.5. The lowest BCUT2D eigenvalue weighted by Gasteiger charge is -2.17. The normalized spacial score (nSPS) is 10.8. The number of carbonyl (C=O) groups excluding carboxylic acids is 1. The van der Waals surface area contributed by atoms with E-state index in [0.29, 0.717) is 24.3 Å². The van der Waals surface area contributed by atoms with Crippen LogP contribution in [0.25, 0.3) is 11.3 Å². The van der Waals surface area contributed by atoms with Gasteiger partial charge in [0.15, 0.2) is 0 Å². The molecule has 2 aromatic carbocycles. The van der Waals surface area contributed by atoms with Gasteiger partial charge in [-0.3, -0.25) is 14.5 Å². The zero-order valence-corrected chi connectivity index (χ0v) is 18.1. The summed E-state index contributed by atoms with van der Waals surface area (Å²) in [6, 6.07) is 20.4. The van der Waals surface area contributed by atoms with E-state index < -0.39 is 0 Å². The first-order chi connectivity index (χ1) is 15.0. The van der Waals surface area contributed by atoms with E-state index in [1.54, 1.807) is 17.3 Å². The molecule has 0 fully saturated rings. The van der Waals surface area contributed by atoms with E-state index in [1.165, 1.54) is 11.1 Å². The largest absolute Gasteiger partial charge is 0.337 e. The first-order valence-corrected chi connectivity index (χ1v) is 10.3. The average molecular weight is 411 g/mol. The summed E-state index contributed by atoms with van der Waals surface area (Å²) in [6.45, 7) is 5.25. The Balaban J connectivity index is 1.66. The van der Waals surface area contributed by atoms with Gasteiger partial charge >= 0.3 is 0 Å². The van der Waals surface area contributed by atoms with Crippen LogP contribution in [-0.4, -0.2) is 32.6 Å². The van der Waals surface area contributed by atoms with Gasteiger partial charge in [0.05, 0.1) is 12.1 Å². The van der Waals surface area contributed by atoms with Crippen LogP contribution in [0.5, 0.6) is 0 Å². The topological polar surface area (TPSA) is 51.0 Å². The number of hydrogen-bond acceptors (Lipinski definition) is 3. The predicted octanol–water partition coefficient (Wildman–Crippen LogP) is 4.88. The van der Waals surface area contributed by atoms with Crippen molar-refractivity contribution in [3.63, 3.8) is 0 Å². The fourth-order valence-electron chi connectivity index (χ4n) is 3.50. The van der Waals surface area contributed by atoms with Gasteiger partial charge in [-0.15, -0.1) is 0 Å². The lowest BCUT2D eigenvalue weighted by Crippen LogP contribution is -2.26. The maximum atomic E-state index is 13.4. The summed E-state index contributed by atoms with van der Waals surface area (Å²) in [7, 11) is 1.82. The third-order valence-corrected chi connectivity index (χ3v) is 5.30. The quantitative estimate of drug-likeness (QED) is 0.455. The molecule has 0 N–H and O–H groups in total. The second-order valence-corrected chi connectivity index (χ2v) is 7.96. The van der Waals surface area contributed by atoms with Crippen LogP contribution in [0.2, 0.25) is 0 Å². The van der Waals surface area contributed by atoms with Crippen LogP contribution in [0.3, 0.4) is 0 Å². The smallest absolute Gasteiger partial charge is 0.257 e. The van der Waals surface area contributed by atoms with E-state index in [9.17, 15) is 4.79 Å². The zero-order chi connectivity index (χ0) is 21.8. The summed E-state index contributed by atoms with van der Waals surface area (Å²) in [5.41, 5.74) is 6.83.